The van der Waals surface area contributed by atoms with Crippen LogP contribution < -0.4 is 0 Å². The molecule has 1 atom stereocenters. The van der Waals surface area contributed by atoms with Crippen LogP contribution in [0.5, 0.6) is 5.75 Å². The number of aromatic nitrogens is 3. The summed E-state index contributed by atoms with van der Waals surface area (Å²) < 4.78 is 0. The molecule has 24 heavy (non-hydrogen) atoms. The molecule has 0 bridgehead atoms. The summed E-state index contributed by atoms with van der Waals surface area (Å²) in [5, 5.41) is 18.8. The van der Waals surface area contributed by atoms with Crippen LogP contribution in [0.2, 0.25) is 0 Å². The van der Waals surface area contributed by atoms with E-state index in [1.54, 1.807) is 12.1 Å². The molecular formula is C20H25N3O. The van der Waals surface area contributed by atoms with E-state index in [1.165, 1.54) is 31.2 Å². The van der Waals surface area contributed by atoms with Gasteiger partial charge < -0.3 is 5.11 Å². The number of phenols is 1. The highest BCUT2D eigenvalue weighted by Gasteiger charge is 2.15. The SMILES string of the molecule is CCCCCCC(Cc1ccc(O)cc1)n1nc2ccccc2n1. The third-order valence-electron chi connectivity index (χ3n) is 4.43. The standard InChI is InChI=1S/C20H25N3O/c1-2-3-4-5-8-17(15-16-11-13-18(24)14-12-16)23-21-19-9-6-7-10-20(19)22-23/h6-7,9-14,17,24H,2-5,8,15H2,1H3. The summed E-state index contributed by atoms with van der Waals surface area (Å²) in [4.78, 5) is 1.89. The lowest BCUT2D eigenvalue weighted by Crippen LogP contribution is -2.15. The summed E-state index contributed by atoms with van der Waals surface area (Å²) in [6.45, 7) is 2.23. The van der Waals surface area contributed by atoms with Gasteiger partial charge in [-0.25, -0.2) is 0 Å². The fraction of sp³-hybridized carbons (Fsp3) is 0.400. The Hall–Kier alpha value is -2.36. The van der Waals surface area contributed by atoms with Crippen LogP contribution in [0, 0.1) is 0 Å². The lowest BCUT2D eigenvalue weighted by atomic mass is 10.0. The molecule has 1 heterocycles. The van der Waals surface area contributed by atoms with Gasteiger partial charge in [0.05, 0.1) is 6.04 Å². The molecule has 0 saturated heterocycles. The van der Waals surface area contributed by atoms with Crippen molar-refractivity contribution in [1.29, 1.82) is 0 Å². The molecule has 3 aromatic rings. The van der Waals surface area contributed by atoms with Crippen LogP contribution in [-0.4, -0.2) is 20.1 Å². The molecule has 1 unspecified atom stereocenters. The summed E-state index contributed by atoms with van der Waals surface area (Å²) in [6.07, 6.45) is 6.92. The van der Waals surface area contributed by atoms with E-state index in [2.05, 4.69) is 17.1 Å². The van der Waals surface area contributed by atoms with Gasteiger partial charge in [-0.3, -0.25) is 0 Å². The van der Waals surface area contributed by atoms with Crippen molar-refractivity contribution in [3.8, 4) is 5.75 Å². The number of benzene rings is 2. The maximum atomic E-state index is 9.47. The van der Waals surface area contributed by atoms with E-state index in [9.17, 15) is 5.11 Å². The Morgan fingerprint density at radius 3 is 2.21 bits per heavy atom. The summed E-state index contributed by atoms with van der Waals surface area (Å²) in [5.74, 6) is 0.307. The molecule has 1 aromatic heterocycles. The number of unbranched alkanes of at least 4 members (excludes halogenated alkanes) is 3. The van der Waals surface area contributed by atoms with Crippen LogP contribution >= 0.6 is 0 Å². The highest BCUT2D eigenvalue weighted by molar-refractivity contribution is 5.72. The van der Waals surface area contributed by atoms with Gasteiger partial charge >= 0.3 is 0 Å². The second kappa shape index (κ2) is 7.95. The molecule has 2 aromatic carbocycles. The fourth-order valence-electron chi connectivity index (χ4n) is 3.05. The second-order valence-electron chi connectivity index (χ2n) is 6.38. The fourth-order valence-corrected chi connectivity index (χ4v) is 3.05. The minimum Gasteiger partial charge on any atom is -0.508 e. The lowest BCUT2D eigenvalue weighted by molar-refractivity contribution is 0.367. The summed E-state index contributed by atoms with van der Waals surface area (Å²) >= 11 is 0. The Bertz CT molecular complexity index is 731. The van der Waals surface area contributed by atoms with Crippen LogP contribution in [0.3, 0.4) is 0 Å². The van der Waals surface area contributed by atoms with Gasteiger partial charge in [0.1, 0.15) is 16.8 Å². The van der Waals surface area contributed by atoms with E-state index in [1.807, 2.05) is 41.2 Å². The number of phenolic OH excluding ortho intramolecular Hbond substituents is 1. The van der Waals surface area contributed by atoms with Crippen LogP contribution in [0.25, 0.3) is 11.0 Å². The number of hydrogen-bond donors (Lipinski definition) is 1. The Morgan fingerprint density at radius 2 is 1.58 bits per heavy atom. The van der Waals surface area contributed by atoms with E-state index < -0.39 is 0 Å². The van der Waals surface area contributed by atoms with Crippen molar-refractivity contribution in [1.82, 2.24) is 15.0 Å². The van der Waals surface area contributed by atoms with Crippen LogP contribution in [0.15, 0.2) is 48.5 Å². The van der Waals surface area contributed by atoms with Crippen molar-refractivity contribution < 1.29 is 5.11 Å². The Morgan fingerprint density at radius 1 is 0.917 bits per heavy atom. The minimum absolute atomic E-state index is 0.249. The zero-order chi connectivity index (χ0) is 16.8. The molecule has 126 valence electrons. The first-order valence-corrected chi connectivity index (χ1v) is 8.85. The van der Waals surface area contributed by atoms with Gasteiger partial charge in [0.2, 0.25) is 0 Å². The summed E-state index contributed by atoms with van der Waals surface area (Å²) in [5.41, 5.74) is 3.10. The van der Waals surface area contributed by atoms with Gasteiger partial charge in [0.15, 0.2) is 0 Å². The summed E-state index contributed by atoms with van der Waals surface area (Å²) in [6, 6.07) is 15.7. The first-order valence-electron chi connectivity index (χ1n) is 8.85. The van der Waals surface area contributed by atoms with Gasteiger partial charge in [0, 0.05) is 0 Å². The largest absolute Gasteiger partial charge is 0.508 e. The molecule has 0 fully saturated rings. The molecule has 0 radical (unpaired) electrons. The van der Waals surface area contributed by atoms with E-state index in [0.29, 0.717) is 5.75 Å². The predicted octanol–water partition coefficient (Wildman–Crippen LogP) is 4.89. The van der Waals surface area contributed by atoms with E-state index >= 15 is 0 Å². The van der Waals surface area contributed by atoms with Gasteiger partial charge in [0.25, 0.3) is 0 Å². The molecule has 0 spiro atoms. The van der Waals surface area contributed by atoms with Gasteiger partial charge in [-0.15, -0.1) is 0 Å². The molecule has 0 aliphatic carbocycles. The van der Waals surface area contributed by atoms with Crippen LogP contribution in [-0.2, 0) is 6.42 Å². The minimum atomic E-state index is 0.249. The zero-order valence-electron chi connectivity index (χ0n) is 14.2. The van der Waals surface area contributed by atoms with Crippen LogP contribution in [0.4, 0.5) is 0 Å². The highest BCUT2D eigenvalue weighted by atomic mass is 16.3. The molecule has 0 aliphatic heterocycles. The Labute approximate surface area is 143 Å². The lowest BCUT2D eigenvalue weighted by Gasteiger charge is -2.16. The van der Waals surface area contributed by atoms with Gasteiger partial charge in [-0.2, -0.15) is 15.0 Å². The molecule has 0 aliphatic rings. The van der Waals surface area contributed by atoms with Crippen LogP contribution in [0.1, 0.15) is 50.6 Å². The topological polar surface area (TPSA) is 50.9 Å². The Kier molecular flexibility index (Phi) is 5.47. The van der Waals surface area contributed by atoms with Gasteiger partial charge in [-0.05, 0) is 42.7 Å². The van der Waals surface area contributed by atoms with Crippen molar-refractivity contribution in [2.24, 2.45) is 0 Å². The van der Waals surface area contributed by atoms with E-state index in [4.69, 9.17) is 0 Å². The molecular weight excluding hydrogens is 298 g/mol. The van der Waals surface area contributed by atoms with Crippen molar-refractivity contribution in [3.05, 3.63) is 54.1 Å². The average molecular weight is 323 g/mol. The monoisotopic (exact) mass is 323 g/mol. The maximum Gasteiger partial charge on any atom is 0.115 e. The zero-order valence-corrected chi connectivity index (χ0v) is 14.2. The summed E-state index contributed by atoms with van der Waals surface area (Å²) in [7, 11) is 0. The Balaban J connectivity index is 1.78. The number of hydrogen-bond acceptors (Lipinski definition) is 3. The average Bonchev–Trinajstić information content (AvgIpc) is 3.03. The number of rotatable bonds is 8. The third kappa shape index (κ3) is 4.13. The van der Waals surface area contributed by atoms with Crippen molar-refractivity contribution in [2.75, 3.05) is 0 Å². The quantitative estimate of drug-likeness (QED) is 0.600. The highest BCUT2D eigenvalue weighted by Crippen LogP contribution is 2.23. The predicted molar refractivity (Wildman–Crippen MR) is 97.1 cm³/mol. The third-order valence-corrected chi connectivity index (χ3v) is 4.43. The molecule has 0 amide bonds. The second-order valence-corrected chi connectivity index (χ2v) is 6.38. The number of nitrogens with zero attached hydrogens (tertiary/aromatic N) is 3. The smallest absolute Gasteiger partial charge is 0.115 e. The molecule has 1 N–H and O–H groups in total. The van der Waals surface area contributed by atoms with E-state index in [0.717, 1.165) is 23.9 Å². The first kappa shape index (κ1) is 16.5. The first-order chi connectivity index (χ1) is 11.8. The normalized spacial score (nSPS) is 12.5. The molecule has 0 saturated carbocycles. The number of fused-ring (bicyclic) bond motifs is 1. The van der Waals surface area contributed by atoms with Crippen molar-refractivity contribution in [2.45, 2.75) is 51.5 Å². The van der Waals surface area contributed by atoms with E-state index in [-0.39, 0.29) is 6.04 Å². The van der Waals surface area contributed by atoms with Crippen molar-refractivity contribution in [3.63, 3.8) is 0 Å². The maximum absolute atomic E-state index is 9.47. The molecule has 4 heteroatoms. The number of aromatic hydroxyl groups is 1. The molecule has 4 nitrogen and oxygen atoms in total. The van der Waals surface area contributed by atoms with Gasteiger partial charge in [-0.1, -0.05) is 56.9 Å². The molecule has 3 rings (SSSR count). The van der Waals surface area contributed by atoms with Crippen molar-refractivity contribution >= 4 is 11.0 Å².